The molecule has 1 N–H and O–H groups in total. The average molecular weight is 269 g/mol. The van der Waals surface area contributed by atoms with Gasteiger partial charge in [0.1, 0.15) is 11.6 Å². The first-order valence-corrected chi connectivity index (χ1v) is 5.35. The van der Waals surface area contributed by atoms with E-state index in [0.717, 1.165) is 6.07 Å². The molecule has 0 heterocycles. The number of rotatable bonds is 2. The van der Waals surface area contributed by atoms with Crippen LogP contribution in [-0.2, 0) is 0 Å². The van der Waals surface area contributed by atoms with Crippen LogP contribution in [0.5, 0.6) is 0 Å². The van der Waals surface area contributed by atoms with Gasteiger partial charge in [-0.1, -0.05) is 23.7 Å². The molecule has 2 aromatic carbocycles. The molecule has 18 heavy (non-hydrogen) atoms. The minimum atomic E-state index is -1.36. The number of halogens is 3. The molecule has 2 aromatic rings. The van der Waals surface area contributed by atoms with Gasteiger partial charge in [0.25, 0.3) is 0 Å². The summed E-state index contributed by atoms with van der Waals surface area (Å²) in [6, 6.07) is 7.61. The summed E-state index contributed by atoms with van der Waals surface area (Å²) in [5, 5.41) is 8.73. The molecule has 0 aliphatic carbocycles. The third kappa shape index (κ3) is 2.33. The number of carboxylic acids is 1. The highest BCUT2D eigenvalue weighted by molar-refractivity contribution is 6.31. The SMILES string of the molecule is O=C(O)c1cc(-c2ccc(F)c(Cl)c2)ccc1F. The molecule has 0 spiro atoms. The second kappa shape index (κ2) is 4.74. The predicted octanol–water partition coefficient (Wildman–Crippen LogP) is 3.98. The first kappa shape index (κ1) is 12.5. The largest absolute Gasteiger partial charge is 0.478 e. The van der Waals surface area contributed by atoms with Gasteiger partial charge in [-0.25, -0.2) is 13.6 Å². The maximum atomic E-state index is 13.2. The Morgan fingerprint density at radius 2 is 1.56 bits per heavy atom. The van der Waals surface area contributed by atoms with Gasteiger partial charge in [-0.15, -0.1) is 0 Å². The Morgan fingerprint density at radius 1 is 1.00 bits per heavy atom. The van der Waals surface area contributed by atoms with Crippen molar-refractivity contribution < 1.29 is 18.7 Å². The van der Waals surface area contributed by atoms with Crippen molar-refractivity contribution in [1.29, 1.82) is 0 Å². The van der Waals surface area contributed by atoms with E-state index in [4.69, 9.17) is 16.7 Å². The second-order valence-corrected chi connectivity index (χ2v) is 4.04. The standard InChI is InChI=1S/C13H7ClF2O2/c14-10-6-8(2-4-12(10)16)7-1-3-11(15)9(5-7)13(17)18/h1-6H,(H,17,18). The van der Waals surface area contributed by atoms with Gasteiger partial charge in [0.05, 0.1) is 10.6 Å². The highest BCUT2D eigenvalue weighted by atomic mass is 35.5. The smallest absolute Gasteiger partial charge is 0.338 e. The second-order valence-electron chi connectivity index (χ2n) is 3.63. The Hall–Kier alpha value is -1.94. The van der Waals surface area contributed by atoms with E-state index in [1.807, 2.05) is 0 Å². The lowest BCUT2D eigenvalue weighted by atomic mass is 10.0. The fourth-order valence-corrected chi connectivity index (χ4v) is 1.72. The Labute approximate surface area is 106 Å². The molecule has 0 radical (unpaired) electrons. The van der Waals surface area contributed by atoms with Crippen LogP contribution in [0.25, 0.3) is 11.1 Å². The molecule has 5 heteroatoms. The Balaban J connectivity index is 2.54. The van der Waals surface area contributed by atoms with Gasteiger partial charge in [0, 0.05) is 0 Å². The summed E-state index contributed by atoms with van der Waals surface area (Å²) < 4.78 is 26.2. The van der Waals surface area contributed by atoms with Crippen molar-refractivity contribution in [2.24, 2.45) is 0 Å². The molecule has 92 valence electrons. The number of carboxylic acid groups (broad SMARTS) is 1. The van der Waals surface area contributed by atoms with Gasteiger partial charge in [-0.3, -0.25) is 0 Å². The molecule has 0 fully saturated rings. The average Bonchev–Trinajstić information content (AvgIpc) is 2.33. The molecule has 0 amide bonds. The zero-order chi connectivity index (χ0) is 13.3. The number of carbonyl (C=O) groups is 1. The molecule has 0 saturated heterocycles. The Morgan fingerprint density at radius 3 is 2.11 bits per heavy atom. The molecule has 0 aliphatic rings. The molecule has 0 atom stereocenters. The Bertz CT molecular complexity index is 626. The van der Waals surface area contributed by atoms with Gasteiger partial charge in [-0.05, 0) is 35.4 Å². The van der Waals surface area contributed by atoms with E-state index in [0.29, 0.717) is 11.1 Å². The third-order valence-electron chi connectivity index (χ3n) is 2.45. The van der Waals surface area contributed by atoms with Crippen molar-refractivity contribution in [3.05, 3.63) is 58.6 Å². The van der Waals surface area contributed by atoms with Crippen molar-refractivity contribution in [3.63, 3.8) is 0 Å². The van der Waals surface area contributed by atoms with Crippen molar-refractivity contribution >= 4 is 17.6 Å². The van der Waals surface area contributed by atoms with Gasteiger partial charge in [-0.2, -0.15) is 0 Å². The fourth-order valence-electron chi connectivity index (χ4n) is 1.54. The molecule has 0 aromatic heterocycles. The first-order valence-electron chi connectivity index (χ1n) is 4.97. The molecule has 0 unspecified atom stereocenters. The van der Waals surface area contributed by atoms with Crippen LogP contribution >= 0.6 is 11.6 Å². The van der Waals surface area contributed by atoms with Crippen molar-refractivity contribution in [2.75, 3.05) is 0 Å². The van der Waals surface area contributed by atoms with E-state index in [1.54, 1.807) is 0 Å². The molecule has 0 aliphatic heterocycles. The van der Waals surface area contributed by atoms with Gasteiger partial charge < -0.3 is 5.11 Å². The molecular formula is C13H7ClF2O2. The van der Waals surface area contributed by atoms with E-state index in [2.05, 4.69) is 0 Å². The zero-order valence-corrected chi connectivity index (χ0v) is 9.71. The molecule has 2 rings (SSSR count). The van der Waals surface area contributed by atoms with Crippen LogP contribution in [0.15, 0.2) is 36.4 Å². The fraction of sp³-hybridized carbons (Fsp3) is 0. The van der Waals surface area contributed by atoms with Crippen LogP contribution in [0.4, 0.5) is 8.78 Å². The van der Waals surface area contributed by atoms with Crippen molar-refractivity contribution in [1.82, 2.24) is 0 Å². The monoisotopic (exact) mass is 268 g/mol. The maximum Gasteiger partial charge on any atom is 0.338 e. The summed E-state index contributed by atoms with van der Waals surface area (Å²) in [7, 11) is 0. The molecular weight excluding hydrogens is 262 g/mol. The van der Waals surface area contributed by atoms with Crippen molar-refractivity contribution in [3.8, 4) is 11.1 Å². The summed E-state index contributed by atoms with van der Waals surface area (Å²) in [6.45, 7) is 0. The van der Waals surface area contributed by atoms with E-state index in [1.165, 1.54) is 30.3 Å². The van der Waals surface area contributed by atoms with E-state index in [9.17, 15) is 13.6 Å². The highest BCUT2D eigenvalue weighted by Crippen LogP contribution is 2.26. The number of aromatic carboxylic acids is 1. The van der Waals surface area contributed by atoms with Crippen LogP contribution in [0.3, 0.4) is 0 Å². The zero-order valence-electron chi connectivity index (χ0n) is 8.95. The summed E-state index contributed by atoms with van der Waals surface area (Å²) in [4.78, 5) is 10.8. The maximum absolute atomic E-state index is 13.2. The van der Waals surface area contributed by atoms with E-state index in [-0.39, 0.29) is 5.02 Å². The van der Waals surface area contributed by atoms with Crippen LogP contribution in [0, 0.1) is 11.6 Å². The highest BCUT2D eigenvalue weighted by Gasteiger charge is 2.12. The van der Waals surface area contributed by atoms with Crippen LogP contribution < -0.4 is 0 Å². The summed E-state index contributed by atoms with van der Waals surface area (Å²) in [6.07, 6.45) is 0. The molecule has 0 bridgehead atoms. The minimum Gasteiger partial charge on any atom is -0.478 e. The van der Waals surface area contributed by atoms with Crippen molar-refractivity contribution in [2.45, 2.75) is 0 Å². The van der Waals surface area contributed by atoms with E-state index < -0.39 is 23.2 Å². The quantitative estimate of drug-likeness (QED) is 0.894. The lowest BCUT2D eigenvalue weighted by molar-refractivity contribution is 0.0692. The number of hydrogen-bond donors (Lipinski definition) is 1. The number of benzene rings is 2. The Kier molecular flexibility index (Phi) is 3.30. The first-order chi connectivity index (χ1) is 8.49. The van der Waals surface area contributed by atoms with Gasteiger partial charge in [0.2, 0.25) is 0 Å². The van der Waals surface area contributed by atoms with Crippen LogP contribution in [0.1, 0.15) is 10.4 Å². The predicted molar refractivity (Wildman–Crippen MR) is 63.8 cm³/mol. The molecule has 0 saturated carbocycles. The van der Waals surface area contributed by atoms with Gasteiger partial charge >= 0.3 is 5.97 Å². The minimum absolute atomic E-state index is 0.0753. The normalized spacial score (nSPS) is 10.4. The lowest BCUT2D eigenvalue weighted by Gasteiger charge is -2.05. The van der Waals surface area contributed by atoms with Crippen LogP contribution in [-0.4, -0.2) is 11.1 Å². The van der Waals surface area contributed by atoms with Gasteiger partial charge in [0.15, 0.2) is 0 Å². The summed E-state index contributed by atoms with van der Waals surface area (Å²) in [5.74, 6) is -2.75. The van der Waals surface area contributed by atoms with E-state index >= 15 is 0 Å². The summed E-state index contributed by atoms with van der Waals surface area (Å²) in [5.41, 5.74) is 0.535. The van der Waals surface area contributed by atoms with Crippen LogP contribution in [0.2, 0.25) is 5.02 Å². The lowest BCUT2D eigenvalue weighted by Crippen LogP contribution is -2.00. The molecule has 2 nitrogen and oxygen atoms in total. The summed E-state index contributed by atoms with van der Waals surface area (Å²) >= 11 is 5.63. The third-order valence-corrected chi connectivity index (χ3v) is 2.74. The topological polar surface area (TPSA) is 37.3 Å². The number of hydrogen-bond acceptors (Lipinski definition) is 1.